The van der Waals surface area contributed by atoms with E-state index in [2.05, 4.69) is 30.6 Å². The fourth-order valence-corrected chi connectivity index (χ4v) is 4.34. The van der Waals surface area contributed by atoms with Crippen LogP contribution in [0.25, 0.3) is 0 Å². The zero-order chi connectivity index (χ0) is 26.0. The molecule has 0 spiro atoms. The van der Waals surface area contributed by atoms with Gasteiger partial charge in [-0.05, 0) is 51.3 Å². The molecule has 1 fully saturated rings. The standard InChI is InChI=1S/C25H31FN8O2/c1-15-19(31-24(36)16-7-9-17(10-8-16)25(2,3)26)6-5-11-34(15)20-13-28-21(22(27)35)23(32-20)30-18-12-29-33(4)14-18/h7-10,12-15,19H,5-6,11H2,1-4H3,(H2,27,35)(H,30,32)(H,31,36)/t15-,19-/m1/s1. The number of benzene rings is 1. The van der Waals surface area contributed by atoms with Crippen LogP contribution in [0, 0.1) is 0 Å². The summed E-state index contributed by atoms with van der Waals surface area (Å²) in [7, 11) is 1.78. The van der Waals surface area contributed by atoms with E-state index in [0.717, 1.165) is 12.8 Å². The van der Waals surface area contributed by atoms with Gasteiger partial charge >= 0.3 is 0 Å². The van der Waals surface area contributed by atoms with E-state index >= 15 is 0 Å². The van der Waals surface area contributed by atoms with Crippen LogP contribution in [0.5, 0.6) is 0 Å². The Morgan fingerprint density at radius 2 is 1.92 bits per heavy atom. The molecule has 190 valence electrons. The molecule has 0 saturated carbocycles. The van der Waals surface area contributed by atoms with Crippen molar-refractivity contribution in [3.8, 4) is 0 Å². The number of amides is 2. The van der Waals surface area contributed by atoms with Gasteiger partial charge in [-0.15, -0.1) is 0 Å². The number of primary amides is 1. The number of nitrogens with two attached hydrogens (primary N) is 1. The summed E-state index contributed by atoms with van der Waals surface area (Å²) in [6.07, 6.45) is 6.50. The molecule has 1 aliphatic heterocycles. The third kappa shape index (κ3) is 5.45. The maximum atomic E-state index is 14.2. The molecule has 0 radical (unpaired) electrons. The van der Waals surface area contributed by atoms with Crippen molar-refractivity contribution in [3.63, 3.8) is 0 Å². The third-order valence-electron chi connectivity index (χ3n) is 6.39. The van der Waals surface area contributed by atoms with Gasteiger partial charge in [-0.1, -0.05) is 12.1 Å². The van der Waals surface area contributed by atoms with Gasteiger partial charge in [-0.25, -0.2) is 14.4 Å². The van der Waals surface area contributed by atoms with Crippen LogP contribution in [0.4, 0.5) is 21.7 Å². The number of carbonyl (C=O) groups excluding carboxylic acids is 2. The highest BCUT2D eigenvalue weighted by Crippen LogP contribution is 2.27. The summed E-state index contributed by atoms with van der Waals surface area (Å²) in [6, 6.07) is 6.32. The molecule has 1 saturated heterocycles. The van der Waals surface area contributed by atoms with Gasteiger partial charge < -0.3 is 21.3 Å². The van der Waals surface area contributed by atoms with E-state index in [1.807, 2.05) is 6.92 Å². The minimum atomic E-state index is -1.47. The Bertz CT molecular complexity index is 1250. The van der Waals surface area contributed by atoms with E-state index in [1.165, 1.54) is 20.0 Å². The average molecular weight is 495 g/mol. The van der Waals surface area contributed by atoms with Gasteiger partial charge in [0.1, 0.15) is 11.5 Å². The van der Waals surface area contributed by atoms with Crippen molar-refractivity contribution in [1.29, 1.82) is 0 Å². The van der Waals surface area contributed by atoms with Gasteiger partial charge in [-0.3, -0.25) is 14.3 Å². The highest BCUT2D eigenvalue weighted by molar-refractivity contribution is 5.96. The minimum Gasteiger partial charge on any atom is -0.364 e. The zero-order valence-electron chi connectivity index (χ0n) is 20.8. The molecule has 3 heterocycles. The van der Waals surface area contributed by atoms with E-state index in [1.54, 1.807) is 48.4 Å². The van der Waals surface area contributed by atoms with Crippen molar-refractivity contribution in [2.45, 2.75) is 51.4 Å². The Kier molecular flexibility index (Phi) is 6.91. The maximum Gasteiger partial charge on any atom is 0.271 e. The first-order chi connectivity index (χ1) is 17.0. The van der Waals surface area contributed by atoms with Crippen LogP contribution in [0.15, 0.2) is 42.9 Å². The predicted molar refractivity (Wildman–Crippen MR) is 135 cm³/mol. The fraction of sp³-hybridized carbons (Fsp3) is 0.400. The molecule has 4 N–H and O–H groups in total. The van der Waals surface area contributed by atoms with Gasteiger partial charge in [0.2, 0.25) is 0 Å². The number of piperidine rings is 1. The summed E-state index contributed by atoms with van der Waals surface area (Å²) in [6.45, 7) is 5.69. The number of aromatic nitrogens is 4. The SMILES string of the molecule is C[C@@H]1[C@H](NC(=O)c2ccc(C(C)(C)F)cc2)CCCN1c1cnc(C(N)=O)c(Nc2cnn(C)c2)n1. The second-order valence-electron chi connectivity index (χ2n) is 9.52. The predicted octanol–water partition coefficient (Wildman–Crippen LogP) is 3.04. The van der Waals surface area contributed by atoms with Gasteiger partial charge in [-0.2, -0.15) is 5.10 Å². The summed E-state index contributed by atoms with van der Waals surface area (Å²) in [4.78, 5) is 35.8. The second-order valence-corrected chi connectivity index (χ2v) is 9.52. The molecule has 3 aromatic rings. The van der Waals surface area contributed by atoms with Crippen LogP contribution in [-0.2, 0) is 12.7 Å². The van der Waals surface area contributed by atoms with Gasteiger partial charge in [0.05, 0.1) is 18.1 Å². The molecule has 0 unspecified atom stereocenters. The van der Waals surface area contributed by atoms with E-state index < -0.39 is 11.6 Å². The Morgan fingerprint density at radius 1 is 1.19 bits per heavy atom. The van der Waals surface area contributed by atoms with Crippen LogP contribution in [0.3, 0.4) is 0 Å². The number of nitrogens with one attached hydrogen (secondary N) is 2. The summed E-state index contributed by atoms with van der Waals surface area (Å²) in [5.41, 5.74) is 5.70. The van der Waals surface area contributed by atoms with Crippen LogP contribution in [-0.4, -0.2) is 50.2 Å². The van der Waals surface area contributed by atoms with Gasteiger partial charge in [0, 0.05) is 37.4 Å². The van der Waals surface area contributed by atoms with Crippen LogP contribution < -0.4 is 21.3 Å². The maximum absolute atomic E-state index is 14.2. The monoisotopic (exact) mass is 494 g/mol. The summed E-state index contributed by atoms with van der Waals surface area (Å²) in [5.74, 6) is -0.111. The number of hydrogen-bond donors (Lipinski definition) is 3. The van der Waals surface area contributed by atoms with Crippen molar-refractivity contribution < 1.29 is 14.0 Å². The number of rotatable bonds is 7. The normalized spacial score (nSPS) is 18.1. The number of carbonyl (C=O) groups is 2. The van der Waals surface area contributed by atoms with Crippen LogP contribution >= 0.6 is 0 Å². The largest absolute Gasteiger partial charge is 0.364 e. The van der Waals surface area contributed by atoms with Gasteiger partial charge in [0.25, 0.3) is 11.8 Å². The number of hydrogen-bond acceptors (Lipinski definition) is 7. The molecular weight excluding hydrogens is 463 g/mol. The molecule has 2 amide bonds. The van der Waals surface area contributed by atoms with Crippen molar-refractivity contribution in [2.24, 2.45) is 12.8 Å². The zero-order valence-corrected chi connectivity index (χ0v) is 20.8. The molecular formula is C25H31FN8O2. The highest BCUT2D eigenvalue weighted by Gasteiger charge is 2.31. The summed E-state index contributed by atoms with van der Waals surface area (Å²) in [5, 5.41) is 10.3. The van der Waals surface area contributed by atoms with Gasteiger partial charge in [0.15, 0.2) is 11.5 Å². The Labute approximate surface area is 209 Å². The van der Waals surface area contributed by atoms with E-state index in [4.69, 9.17) is 5.73 Å². The van der Waals surface area contributed by atoms with Crippen LogP contribution in [0.2, 0.25) is 0 Å². The van der Waals surface area contributed by atoms with E-state index in [9.17, 15) is 14.0 Å². The molecule has 1 aliphatic rings. The third-order valence-corrected chi connectivity index (χ3v) is 6.39. The second kappa shape index (κ2) is 9.92. The first kappa shape index (κ1) is 25.1. The Hall–Kier alpha value is -4.02. The van der Waals surface area contributed by atoms with Crippen molar-refractivity contribution in [2.75, 3.05) is 16.8 Å². The van der Waals surface area contributed by atoms with Crippen molar-refractivity contribution in [1.82, 2.24) is 25.1 Å². The average Bonchev–Trinajstić information content (AvgIpc) is 3.24. The molecule has 10 nitrogen and oxygen atoms in total. The number of alkyl halides is 1. The molecule has 4 rings (SSSR count). The van der Waals surface area contributed by atoms with Crippen molar-refractivity contribution >= 4 is 29.1 Å². The number of aryl methyl sites for hydroxylation is 1. The summed E-state index contributed by atoms with van der Waals surface area (Å²) >= 11 is 0. The molecule has 2 aromatic heterocycles. The lowest BCUT2D eigenvalue weighted by Crippen LogP contribution is -2.54. The number of anilines is 3. The van der Waals surface area contributed by atoms with E-state index in [0.29, 0.717) is 29.2 Å². The molecule has 36 heavy (non-hydrogen) atoms. The number of nitrogens with zero attached hydrogens (tertiary/aromatic N) is 5. The fourth-order valence-electron chi connectivity index (χ4n) is 4.34. The first-order valence-corrected chi connectivity index (χ1v) is 11.8. The lowest BCUT2D eigenvalue weighted by Gasteiger charge is -2.40. The quantitative estimate of drug-likeness (QED) is 0.460. The molecule has 2 atom stereocenters. The molecule has 11 heteroatoms. The lowest BCUT2D eigenvalue weighted by molar-refractivity contribution is 0.0923. The first-order valence-electron chi connectivity index (χ1n) is 11.8. The highest BCUT2D eigenvalue weighted by atomic mass is 19.1. The Morgan fingerprint density at radius 3 is 2.53 bits per heavy atom. The topological polar surface area (TPSA) is 131 Å². The van der Waals surface area contributed by atoms with Crippen LogP contribution in [0.1, 0.15) is 60.0 Å². The van der Waals surface area contributed by atoms with E-state index in [-0.39, 0.29) is 29.5 Å². The molecule has 1 aromatic carbocycles. The van der Waals surface area contributed by atoms with Crippen molar-refractivity contribution in [3.05, 3.63) is 59.7 Å². The molecule has 0 aliphatic carbocycles. The molecule has 0 bridgehead atoms. The lowest BCUT2D eigenvalue weighted by atomic mass is 9.96. The summed E-state index contributed by atoms with van der Waals surface area (Å²) < 4.78 is 15.8. The minimum absolute atomic E-state index is 0.0250. The smallest absolute Gasteiger partial charge is 0.271 e. The Balaban J connectivity index is 1.51. The number of halogens is 1.